The number of likely N-dealkylation sites (tertiary alicyclic amines) is 1. The van der Waals surface area contributed by atoms with E-state index in [1.54, 1.807) is 17.2 Å². The van der Waals surface area contributed by atoms with Gasteiger partial charge in [0.25, 0.3) is 5.91 Å². The number of rotatable bonds is 5. The van der Waals surface area contributed by atoms with E-state index in [4.69, 9.17) is 0 Å². The van der Waals surface area contributed by atoms with Crippen molar-refractivity contribution in [2.24, 2.45) is 0 Å². The fourth-order valence-electron chi connectivity index (χ4n) is 2.80. The molecule has 0 radical (unpaired) electrons. The third-order valence-electron chi connectivity index (χ3n) is 4.07. The van der Waals surface area contributed by atoms with Crippen LogP contribution in [0.2, 0.25) is 0 Å². The van der Waals surface area contributed by atoms with Crippen molar-refractivity contribution >= 4 is 11.9 Å². The molecule has 2 N–H and O–H groups in total. The lowest BCUT2D eigenvalue weighted by molar-refractivity contribution is 0.0789. The minimum Gasteiger partial charge on any atom is -0.336 e. The Morgan fingerprint density at radius 1 is 1.43 bits per heavy atom. The van der Waals surface area contributed by atoms with E-state index in [0.717, 1.165) is 25.0 Å². The van der Waals surface area contributed by atoms with Gasteiger partial charge in [0.1, 0.15) is 0 Å². The number of hydrogen-bond donors (Lipinski definition) is 2. The highest BCUT2D eigenvalue weighted by atomic mass is 16.2. The first-order chi connectivity index (χ1) is 11.0. The van der Waals surface area contributed by atoms with E-state index in [2.05, 4.69) is 22.5 Å². The molecular weight excluding hydrogens is 292 g/mol. The zero-order valence-electron chi connectivity index (χ0n) is 14.1. The Bertz CT molecular complexity index is 544. The van der Waals surface area contributed by atoms with Crippen LogP contribution in [0.25, 0.3) is 0 Å². The molecule has 6 heteroatoms. The molecule has 1 aliphatic heterocycles. The lowest BCUT2D eigenvalue weighted by Crippen LogP contribution is -2.46. The average Bonchev–Trinajstić information content (AvgIpc) is 2.95. The van der Waals surface area contributed by atoms with Crippen molar-refractivity contribution in [3.05, 3.63) is 29.6 Å². The van der Waals surface area contributed by atoms with Gasteiger partial charge in [0.05, 0.1) is 5.56 Å². The molecule has 0 aliphatic carbocycles. The number of aryl methyl sites for hydroxylation is 1. The Labute approximate surface area is 137 Å². The number of urea groups is 1. The molecule has 1 fully saturated rings. The second kappa shape index (κ2) is 7.94. The highest BCUT2D eigenvalue weighted by molar-refractivity contribution is 5.94. The summed E-state index contributed by atoms with van der Waals surface area (Å²) in [6.45, 7) is 7.18. The van der Waals surface area contributed by atoms with Crippen LogP contribution in [0.5, 0.6) is 0 Å². The second-order valence-corrected chi connectivity index (χ2v) is 6.23. The summed E-state index contributed by atoms with van der Waals surface area (Å²) in [6.07, 6.45) is 4.39. The largest absolute Gasteiger partial charge is 0.336 e. The quantitative estimate of drug-likeness (QED) is 0.873. The summed E-state index contributed by atoms with van der Waals surface area (Å²) in [5.41, 5.74) is 1.48. The van der Waals surface area contributed by atoms with Crippen LogP contribution in [-0.4, -0.2) is 47.0 Å². The van der Waals surface area contributed by atoms with Crippen LogP contribution in [0.1, 0.15) is 49.2 Å². The van der Waals surface area contributed by atoms with Crippen molar-refractivity contribution in [2.45, 2.75) is 52.1 Å². The normalized spacial score (nSPS) is 18.6. The molecule has 6 nitrogen and oxygen atoms in total. The van der Waals surface area contributed by atoms with Gasteiger partial charge in [0, 0.05) is 37.1 Å². The van der Waals surface area contributed by atoms with E-state index in [1.165, 1.54) is 0 Å². The molecule has 0 aromatic carbocycles. The predicted octanol–water partition coefficient (Wildman–Crippen LogP) is 2.09. The van der Waals surface area contributed by atoms with E-state index in [1.807, 2.05) is 19.9 Å². The molecule has 0 spiro atoms. The molecule has 1 aromatic rings. The SMILES string of the molecule is CCCC(C)NC(=O)N[C@@H]1CCN(C(=O)c2ccc(C)nc2)C1. The van der Waals surface area contributed by atoms with Crippen molar-refractivity contribution in [3.8, 4) is 0 Å². The van der Waals surface area contributed by atoms with Gasteiger partial charge < -0.3 is 15.5 Å². The van der Waals surface area contributed by atoms with Crippen LogP contribution >= 0.6 is 0 Å². The number of nitrogens with one attached hydrogen (secondary N) is 2. The highest BCUT2D eigenvalue weighted by Crippen LogP contribution is 2.13. The molecular formula is C17H26N4O2. The molecule has 1 aliphatic rings. The zero-order valence-corrected chi connectivity index (χ0v) is 14.1. The summed E-state index contributed by atoms with van der Waals surface area (Å²) in [6, 6.07) is 3.65. The maximum absolute atomic E-state index is 12.4. The Morgan fingerprint density at radius 2 is 2.22 bits per heavy atom. The van der Waals surface area contributed by atoms with Crippen LogP contribution < -0.4 is 10.6 Å². The third kappa shape index (κ3) is 4.94. The monoisotopic (exact) mass is 318 g/mol. The summed E-state index contributed by atoms with van der Waals surface area (Å²) in [5, 5.41) is 5.88. The van der Waals surface area contributed by atoms with E-state index in [0.29, 0.717) is 18.7 Å². The number of amides is 3. The number of nitrogens with zero attached hydrogens (tertiary/aromatic N) is 2. The minimum atomic E-state index is -0.151. The van der Waals surface area contributed by atoms with Crippen molar-refractivity contribution in [3.63, 3.8) is 0 Å². The van der Waals surface area contributed by atoms with Crippen LogP contribution in [0.4, 0.5) is 4.79 Å². The maximum atomic E-state index is 12.4. The number of carbonyl (C=O) groups excluding carboxylic acids is 2. The standard InChI is InChI=1S/C17H26N4O2/c1-4-5-13(3)19-17(23)20-15-8-9-21(11-15)16(22)14-7-6-12(2)18-10-14/h6-7,10,13,15H,4-5,8-9,11H2,1-3H3,(H2,19,20,23)/t13?,15-/m1/s1. The predicted molar refractivity (Wildman–Crippen MR) is 89.3 cm³/mol. The molecule has 2 heterocycles. The van der Waals surface area contributed by atoms with Gasteiger partial charge in [0.15, 0.2) is 0 Å². The average molecular weight is 318 g/mol. The molecule has 126 valence electrons. The number of carbonyl (C=O) groups is 2. The van der Waals surface area contributed by atoms with Crippen LogP contribution in [0, 0.1) is 6.92 Å². The van der Waals surface area contributed by atoms with Crippen molar-refractivity contribution in [1.82, 2.24) is 20.5 Å². The lowest BCUT2D eigenvalue weighted by atomic mass is 10.2. The second-order valence-electron chi connectivity index (χ2n) is 6.23. The van der Waals surface area contributed by atoms with Gasteiger partial charge in [-0.2, -0.15) is 0 Å². The van der Waals surface area contributed by atoms with Crippen molar-refractivity contribution in [2.75, 3.05) is 13.1 Å². The van der Waals surface area contributed by atoms with Gasteiger partial charge in [0.2, 0.25) is 0 Å². The van der Waals surface area contributed by atoms with Crippen LogP contribution in [-0.2, 0) is 0 Å². The molecule has 1 unspecified atom stereocenters. The maximum Gasteiger partial charge on any atom is 0.315 e. The van der Waals surface area contributed by atoms with Gasteiger partial charge >= 0.3 is 6.03 Å². The Balaban J connectivity index is 1.82. The van der Waals surface area contributed by atoms with E-state index >= 15 is 0 Å². The van der Waals surface area contributed by atoms with Gasteiger partial charge in [-0.1, -0.05) is 13.3 Å². The molecule has 3 amide bonds. The van der Waals surface area contributed by atoms with Gasteiger partial charge in [-0.3, -0.25) is 9.78 Å². The molecule has 2 atom stereocenters. The number of hydrogen-bond acceptors (Lipinski definition) is 3. The summed E-state index contributed by atoms with van der Waals surface area (Å²) in [7, 11) is 0. The molecule has 1 saturated heterocycles. The Hall–Kier alpha value is -2.11. The Morgan fingerprint density at radius 3 is 2.87 bits per heavy atom. The van der Waals surface area contributed by atoms with Crippen molar-refractivity contribution < 1.29 is 9.59 Å². The molecule has 2 rings (SSSR count). The zero-order chi connectivity index (χ0) is 16.8. The first kappa shape index (κ1) is 17.2. The fourth-order valence-corrected chi connectivity index (χ4v) is 2.80. The summed E-state index contributed by atoms with van der Waals surface area (Å²) >= 11 is 0. The molecule has 0 saturated carbocycles. The fraction of sp³-hybridized carbons (Fsp3) is 0.588. The van der Waals surface area contributed by atoms with Gasteiger partial charge in [-0.25, -0.2) is 4.79 Å². The number of pyridine rings is 1. The van der Waals surface area contributed by atoms with E-state index in [-0.39, 0.29) is 24.0 Å². The lowest BCUT2D eigenvalue weighted by Gasteiger charge is -2.19. The summed E-state index contributed by atoms with van der Waals surface area (Å²) < 4.78 is 0. The first-order valence-corrected chi connectivity index (χ1v) is 8.28. The molecule has 1 aromatic heterocycles. The number of aromatic nitrogens is 1. The van der Waals surface area contributed by atoms with E-state index in [9.17, 15) is 9.59 Å². The highest BCUT2D eigenvalue weighted by Gasteiger charge is 2.28. The minimum absolute atomic E-state index is 0.00573. The van der Waals surface area contributed by atoms with Crippen LogP contribution in [0.3, 0.4) is 0 Å². The topological polar surface area (TPSA) is 74.3 Å². The molecule has 0 bridgehead atoms. The van der Waals surface area contributed by atoms with Gasteiger partial charge in [-0.15, -0.1) is 0 Å². The van der Waals surface area contributed by atoms with E-state index < -0.39 is 0 Å². The first-order valence-electron chi connectivity index (χ1n) is 8.28. The summed E-state index contributed by atoms with van der Waals surface area (Å²) in [4.78, 5) is 30.3. The van der Waals surface area contributed by atoms with Crippen molar-refractivity contribution in [1.29, 1.82) is 0 Å². The third-order valence-corrected chi connectivity index (χ3v) is 4.07. The Kier molecular flexibility index (Phi) is 5.96. The van der Waals surface area contributed by atoms with Crippen LogP contribution in [0.15, 0.2) is 18.3 Å². The van der Waals surface area contributed by atoms with Gasteiger partial charge in [-0.05, 0) is 38.8 Å². The smallest absolute Gasteiger partial charge is 0.315 e. The summed E-state index contributed by atoms with van der Waals surface area (Å²) in [5.74, 6) is -0.0263. The molecule has 23 heavy (non-hydrogen) atoms.